The van der Waals surface area contributed by atoms with Gasteiger partial charge in [-0.3, -0.25) is 4.79 Å². The second kappa shape index (κ2) is 9.80. The fraction of sp³-hybridized carbons (Fsp3) is 0.348. The monoisotopic (exact) mass is 424 g/mol. The summed E-state index contributed by atoms with van der Waals surface area (Å²) >= 11 is 1.35. The quantitative estimate of drug-likeness (QED) is 0.523. The summed E-state index contributed by atoms with van der Waals surface area (Å²) in [4.78, 5) is 12.3. The van der Waals surface area contributed by atoms with Gasteiger partial charge in [0.05, 0.1) is 5.75 Å². The van der Waals surface area contributed by atoms with Crippen LogP contribution in [0.1, 0.15) is 42.5 Å². The van der Waals surface area contributed by atoms with E-state index in [0.717, 1.165) is 23.4 Å². The van der Waals surface area contributed by atoms with Crippen molar-refractivity contribution in [2.45, 2.75) is 45.4 Å². The zero-order valence-corrected chi connectivity index (χ0v) is 18.9. The molecule has 1 N–H and O–H groups in total. The molecule has 7 heteroatoms. The zero-order valence-electron chi connectivity index (χ0n) is 18.1. The third-order valence-electron chi connectivity index (χ3n) is 5.00. The Morgan fingerprint density at radius 1 is 1.13 bits per heavy atom. The summed E-state index contributed by atoms with van der Waals surface area (Å²) in [6.07, 6.45) is 0.741. The van der Waals surface area contributed by atoms with Crippen LogP contribution in [0.3, 0.4) is 0 Å². The van der Waals surface area contributed by atoms with E-state index in [2.05, 4.69) is 34.6 Å². The number of nitrogens with zero attached hydrogens (tertiary/aromatic N) is 3. The average Bonchev–Trinajstić information content (AvgIpc) is 3.10. The molecule has 2 aromatic carbocycles. The first-order chi connectivity index (χ1) is 14.4. The first-order valence-corrected chi connectivity index (χ1v) is 11.0. The van der Waals surface area contributed by atoms with Gasteiger partial charge in [-0.15, -0.1) is 10.2 Å². The maximum absolute atomic E-state index is 12.3. The molecular formula is C23H28N4O2S. The van der Waals surface area contributed by atoms with Crippen molar-refractivity contribution >= 4 is 23.4 Å². The molecule has 1 amide bonds. The van der Waals surface area contributed by atoms with Gasteiger partial charge in [0.15, 0.2) is 17.1 Å². The van der Waals surface area contributed by atoms with Crippen molar-refractivity contribution in [1.82, 2.24) is 14.8 Å². The molecule has 0 aliphatic rings. The van der Waals surface area contributed by atoms with Gasteiger partial charge in [-0.2, -0.15) is 0 Å². The highest BCUT2D eigenvalue weighted by molar-refractivity contribution is 7.99. The fourth-order valence-electron chi connectivity index (χ4n) is 3.01. The predicted molar refractivity (Wildman–Crippen MR) is 121 cm³/mol. The van der Waals surface area contributed by atoms with Crippen molar-refractivity contribution in [1.29, 1.82) is 0 Å². The van der Waals surface area contributed by atoms with Gasteiger partial charge < -0.3 is 14.6 Å². The average molecular weight is 425 g/mol. The molecular weight excluding hydrogens is 396 g/mol. The summed E-state index contributed by atoms with van der Waals surface area (Å²) in [5, 5.41) is 12.1. The lowest BCUT2D eigenvalue weighted by atomic mass is 10.1. The standard InChI is InChI=1S/C23H28N4O2S/c1-6-18-8-11-20(12-9-18)29-17(4)22-25-26-23(27(22)5)30-14-21(28)24-19-10-7-15(2)16(3)13-19/h7-13,17H,6,14H2,1-5H3,(H,24,28)/t17-/m0/s1. The van der Waals surface area contributed by atoms with Gasteiger partial charge in [-0.25, -0.2) is 0 Å². The molecule has 1 aromatic heterocycles. The maximum Gasteiger partial charge on any atom is 0.234 e. The van der Waals surface area contributed by atoms with Gasteiger partial charge >= 0.3 is 0 Å². The second-order valence-electron chi connectivity index (χ2n) is 7.29. The van der Waals surface area contributed by atoms with Crippen LogP contribution in [0.2, 0.25) is 0 Å². The zero-order chi connectivity index (χ0) is 21.7. The van der Waals surface area contributed by atoms with Crippen molar-refractivity contribution in [2.75, 3.05) is 11.1 Å². The van der Waals surface area contributed by atoms with Crippen LogP contribution >= 0.6 is 11.8 Å². The molecule has 0 aliphatic heterocycles. The third-order valence-corrected chi connectivity index (χ3v) is 6.02. The van der Waals surface area contributed by atoms with Gasteiger partial charge in [0, 0.05) is 12.7 Å². The highest BCUT2D eigenvalue weighted by atomic mass is 32.2. The molecule has 0 radical (unpaired) electrons. The number of carbonyl (C=O) groups excluding carboxylic acids is 1. The van der Waals surface area contributed by atoms with Crippen LogP contribution in [0.5, 0.6) is 5.75 Å². The van der Waals surface area contributed by atoms with Crippen molar-refractivity contribution in [3.8, 4) is 5.75 Å². The Kier molecular flexibility index (Phi) is 7.15. The van der Waals surface area contributed by atoms with Gasteiger partial charge in [0.1, 0.15) is 5.75 Å². The van der Waals surface area contributed by atoms with E-state index in [9.17, 15) is 4.79 Å². The highest BCUT2D eigenvalue weighted by Gasteiger charge is 2.18. The van der Waals surface area contributed by atoms with Crippen LogP contribution in [-0.4, -0.2) is 26.4 Å². The molecule has 1 atom stereocenters. The summed E-state index contributed by atoms with van der Waals surface area (Å²) in [6, 6.07) is 14.0. The Labute approximate surface area is 182 Å². The van der Waals surface area contributed by atoms with Crippen LogP contribution in [0.15, 0.2) is 47.6 Å². The minimum Gasteiger partial charge on any atom is -0.483 e. The minimum atomic E-state index is -0.256. The van der Waals surface area contributed by atoms with Gasteiger partial charge in [0.25, 0.3) is 0 Å². The number of rotatable bonds is 8. The number of nitrogens with one attached hydrogen (secondary N) is 1. The normalized spacial score (nSPS) is 11.9. The Morgan fingerprint density at radius 3 is 2.53 bits per heavy atom. The van der Waals surface area contributed by atoms with Crippen molar-refractivity contribution in [2.24, 2.45) is 7.05 Å². The van der Waals surface area contributed by atoms with Crippen LogP contribution in [-0.2, 0) is 18.3 Å². The number of anilines is 1. The molecule has 6 nitrogen and oxygen atoms in total. The molecule has 1 heterocycles. The number of amides is 1. The molecule has 0 bridgehead atoms. The van der Waals surface area contributed by atoms with Crippen LogP contribution in [0.25, 0.3) is 0 Å². The van der Waals surface area contributed by atoms with Crippen molar-refractivity contribution in [3.05, 3.63) is 65.0 Å². The van der Waals surface area contributed by atoms with E-state index in [4.69, 9.17) is 4.74 Å². The summed E-state index contributed by atoms with van der Waals surface area (Å²) < 4.78 is 7.88. The molecule has 3 aromatic rings. The number of aryl methyl sites for hydroxylation is 3. The van der Waals surface area contributed by atoms with Gasteiger partial charge in [0.2, 0.25) is 5.91 Å². The molecule has 0 aliphatic carbocycles. The molecule has 3 rings (SSSR count). The Balaban J connectivity index is 1.57. The lowest BCUT2D eigenvalue weighted by Crippen LogP contribution is -2.15. The molecule has 0 unspecified atom stereocenters. The van der Waals surface area contributed by atoms with Gasteiger partial charge in [-0.05, 0) is 68.1 Å². The number of hydrogen-bond acceptors (Lipinski definition) is 5. The van der Waals surface area contributed by atoms with Gasteiger partial charge in [-0.1, -0.05) is 36.9 Å². The van der Waals surface area contributed by atoms with E-state index in [-0.39, 0.29) is 17.8 Å². The number of carbonyl (C=O) groups is 1. The van der Waals surface area contributed by atoms with Crippen molar-refractivity contribution < 1.29 is 9.53 Å². The fourth-order valence-corrected chi connectivity index (χ4v) is 3.73. The molecule has 0 spiro atoms. The largest absolute Gasteiger partial charge is 0.483 e. The van der Waals surface area contributed by atoms with Crippen molar-refractivity contribution in [3.63, 3.8) is 0 Å². The summed E-state index contributed by atoms with van der Waals surface area (Å²) in [7, 11) is 1.89. The van der Waals surface area contributed by atoms with E-state index in [1.54, 1.807) is 0 Å². The molecule has 0 fully saturated rings. The molecule has 30 heavy (non-hydrogen) atoms. The van der Waals surface area contributed by atoms with Crippen LogP contribution in [0, 0.1) is 13.8 Å². The highest BCUT2D eigenvalue weighted by Crippen LogP contribution is 2.24. The Morgan fingerprint density at radius 2 is 1.87 bits per heavy atom. The first kappa shape index (κ1) is 21.9. The lowest BCUT2D eigenvalue weighted by Gasteiger charge is -2.14. The number of benzene rings is 2. The smallest absolute Gasteiger partial charge is 0.234 e. The number of aromatic nitrogens is 3. The molecule has 0 saturated carbocycles. The summed E-state index contributed by atoms with van der Waals surface area (Å²) in [6.45, 7) is 8.15. The number of hydrogen-bond donors (Lipinski definition) is 1. The van der Waals surface area contributed by atoms with E-state index in [0.29, 0.717) is 11.0 Å². The third kappa shape index (κ3) is 5.42. The minimum absolute atomic E-state index is 0.0758. The Hall–Kier alpha value is -2.80. The van der Waals surface area contributed by atoms with E-state index in [1.165, 1.54) is 22.9 Å². The van der Waals surface area contributed by atoms with E-state index in [1.807, 2.05) is 62.7 Å². The Bertz CT molecular complexity index is 1010. The number of thioether (sulfide) groups is 1. The summed E-state index contributed by atoms with van der Waals surface area (Å²) in [5.41, 5.74) is 4.42. The predicted octanol–water partition coefficient (Wildman–Crippen LogP) is 4.87. The van der Waals surface area contributed by atoms with E-state index >= 15 is 0 Å². The first-order valence-electron chi connectivity index (χ1n) is 10.0. The molecule has 158 valence electrons. The SMILES string of the molecule is CCc1ccc(O[C@@H](C)c2nnc(SCC(=O)Nc3ccc(C)c(C)c3)n2C)cc1. The summed E-state index contributed by atoms with van der Waals surface area (Å²) in [5.74, 6) is 1.69. The molecule has 0 saturated heterocycles. The maximum atomic E-state index is 12.3. The van der Waals surface area contributed by atoms with Crippen LogP contribution in [0.4, 0.5) is 5.69 Å². The number of ether oxygens (including phenoxy) is 1. The van der Waals surface area contributed by atoms with E-state index < -0.39 is 0 Å². The topological polar surface area (TPSA) is 69.0 Å². The van der Waals surface area contributed by atoms with Crippen LogP contribution < -0.4 is 10.1 Å². The lowest BCUT2D eigenvalue weighted by molar-refractivity contribution is -0.113. The second-order valence-corrected chi connectivity index (χ2v) is 8.24.